The van der Waals surface area contributed by atoms with Crippen LogP contribution in [0.1, 0.15) is 11.1 Å². The molecule has 1 N–H and O–H groups in total. The Hall–Kier alpha value is -2.19. The monoisotopic (exact) mass is 394 g/mol. The Kier molecular flexibility index (Phi) is 6.33. The highest BCUT2D eigenvalue weighted by atomic mass is 35.5. The van der Waals surface area contributed by atoms with Crippen LogP contribution in [0.25, 0.3) is 6.08 Å². The van der Waals surface area contributed by atoms with Gasteiger partial charge in [-0.25, -0.2) is 0 Å². The molecule has 0 radical (unpaired) electrons. The minimum atomic E-state index is -0.583. The number of hydrogen-bond donors (Lipinski definition) is 1. The number of aryl methyl sites for hydroxylation is 1. The molecule has 0 aliphatic rings. The quantitative estimate of drug-likeness (QED) is 0.548. The van der Waals surface area contributed by atoms with E-state index in [0.29, 0.717) is 27.0 Å². The predicted molar refractivity (Wildman–Crippen MR) is 101 cm³/mol. The number of carbonyl (C=O) groups is 1. The molecular weight excluding hydrogens is 383 g/mol. The molecule has 0 heterocycles. The van der Waals surface area contributed by atoms with E-state index in [0.717, 1.165) is 5.56 Å². The van der Waals surface area contributed by atoms with Crippen LogP contribution in [0, 0.1) is 18.3 Å². The Morgan fingerprint density at radius 3 is 2.52 bits per heavy atom. The van der Waals surface area contributed by atoms with Gasteiger partial charge in [-0.05, 0) is 42.8 Å². The van der Waals surface area contributed by atoms with Crippen molar-refractivity contribution in [3.8, 4) is 11.8 Å². The zero-order chi connectivity index (χ0) is 18.6. The van der Waals surface area contributed by atoms with E-state index in [9.17, 15) is 10.1 Å². The topological polar surface area (TPSA) is 62.1 Å². The van der Waals surface area contributed by atoms with E-state index in [1.165, 1.54) is 19.3 Å². The van der Waals surface area contributed by atoms with Crippen molar-refractivity contribution in [3.63, 3.8) is 0 Å². The van der Waals surface area contributed by atoms with E-state index in [1.54, 1.807) is 24.3 Å². The van der Waals surface area contributed by atoms with Crippen LogP contribution in [0.2, 0.25) is 15.1 Å². The Morgan fingerprint density at radius 2 is 1.92 bits per heavy atom. The van der Waals surface area contributed by atoms with Gasteiger partial charge in [-0.3, -0.25) is 4.79 Å². The van der Waals surface area contributed by atoms with Crippen LogP contribution >= 0.6 is 34.8 Å². The first-order valence-corrected chi connectivity index (χ1v) is 8.21. The van der Waals surface area contributed by atoms with Gasteiger partial charge in [0.05, 0.1) is 12.1 Å². The molecule has 2 aromatic carbocycles. The van der Waals surface area contributed by atoms with Crippen LogP contribution in [-0.2, 0) is 4.79 Å². The third kappa shape index (κ3) is 4.67. The molecule has 0 saturated carbocycles. The molecule has 0 spiro atoms. The highest BCUT2D eigenvalue weighted by Crippen LogP contribution is 2.33. The molecule has 0 aliphatic heterocycles. The summed E-state index contributed by atoms with van der Waals surface area (Å²) in [4.78, 5) is 12.4. The molecule has 128 valence electrons. The van der Waals surface area contributed by atoms with Crippen LogP contribution in [0.5, 0.6) is 5.75 Å². The number of benzene rings is 2. The zero-order valence-electron chi connectivity index (χ0n) is 13.4. The van der Waals surface area contributed by atoms with Gasteiger partial charge in [-0.15, -0.1) is 0 Å². The van der Waals surface area contributed by atoms with E-state index in [4.69, 9.17) is 39.5 Å². The molecule has 4 nitrogen and oxygen atoms in total. The van der Waals surface area contributed by atoms with Gasteiger partial charge in [0.25, 0.3) is 5.91 Å². The molecule has 7 heteroatoms. The second-order valence-corrected chi connectivity index (χ2v) is 6.35. The summed E-state index contributed by atoms with van der Waals surface area (Å²) in [6.07, 6.45) is 1.36. The van der Waals surface area contributed by atoms with Crippen LogP contribution in [0.4, 0.5) is 5.69 Å². The predicted octanol–water partition coefficient (Wildman–Crippen LogP) is 5.51. The van der Waals surface area contributed by atoms with Gasteiger partial charge in [0.15, 0.2) is 0 Å². The zero-order valence-corrected chi connectivity index (χ0v) is 15.6. The maximum Gasteiger partial charge on any atom is 0.266 e. The van der Waals surface area contributed by atoms with Gasteiger partial charge in [0, 0.05) is 21.3 Å². The smallest absolute Gasteiger partial charge is 0.266 e. The second kappa shape index (κ2) is 8.26. The summed E-state index contributed by atoms with van der Waals surface area (Å²) in [5.74, 6) is -0.259. The Balaban J connectivity index is 2.36. The average Bonchev–Trinajstić information content (AvgIpc) is 2.55. The number of methoxy groups -OCH3 is 1. The number of halogens is 3. The lowest BCUT2D eigenvalue weighted by atomic mass is 10.1. The minimum Gasteiger partial charge on any atom is -0.495 e. The van der Waals surface area contributed by atoms with E-state index < -0.39 is 5.91 Å². The maximum absolute atomic E-state index is 12.4. The molecule has 1 amide bonds. The molecule has 0 unspecified atom stereocenters. The number of nitrogens with one attached hydrogen (secondary N) is 1. The molecule has 0 bridgehead atoms. The fourth-order valence-electron chi connectivity index (χ4n) is 2.08. The lowest BCUT2D eigenvalue weighted by Crippen LogP contribution is -2.13. The third-order valence-corrected chi connectivity index (χ3v) is 4.24. The number of ether oxygens (including phenoxy) is 1. The maximum atomic E-state index is 12.4. The van der Waals surface area contributed by atoms with Gasteiger partial charge in [0.2, 0.25) is 0 Å². The Labute approximate surface area is 160 Å². The van der Waals surface area contributed by atoms with Crippen molar-refractivity contribution in [2.45, 2.75) is 6.92 Å². The van der Waals surface area contributed by atoms with Gasteiger partial charge >= 0.3 is 0 Å². The largest absolute Gasteiger partial charge is 0.495 e. The second-order valence-electron chi connectivity index (χ2n) is 5.10. The SMILES string of the molecule is COc1c(Cl)cc(Cl)cc1/C=C(\C#N)C(=O)Nc1ccc(C)c(Cl)c1. The fourth-order valence-corrected chi connectivity index (χ4v) is 2.84. The molecule has 25 heavy (non-hydrogen) atoms. The van der Waals surface area contributed by atoms with Crippen molar-refractivity contribution in [1.29, 1.82) is 5.26 Å². The van der Waals surface area contributed by atoms with E-state index >= 15 is 0 Å². The molecular formula is C18H13Cl3N2O2. The summed E-state index contributed by atoms with van der Waals surface area (Å²) in [5, 5.41) is 13.1. The van der Waals surface area contributed by atoms with E-state index in [1.807, 2.05) is 13.0 Å². The van der Waals surface area contributed by atoms with Crippen molar-refractivity contribution in [2.24, 2.45) is 0 Å². The van der Waals surface area contributed by atoms with Gasteiger partial charge in [-0.2, -0.15) is 5.26 Å². The molecule has 0 fully saturated rings. The average molecular weight is 396 g/mol. The summed E-state index contributed by atoms with van der Waals surface area (Å²) in [6.45, 7) is 1.85. The van der Waals surface area contributed by atoms with E-state index in [-0.39, 0.29) is 10.6 Å². The van der Waals surface area contributed by atoms with Gasteiger partial charge < -0.3 is 10.1 Å². The molecule has 0 aliphatic carbocycles. The lowest BCUT2D eigenvalue weighted by molar-refractivity contribution is -0.112. The molecule has 0 saturated heterocycles. The Bertz CT molecular complexity index is 902. The van der Waals surface area contributed by atoms with Gasteiger partial charge in [0.1, 0.15) is 17.4 Å². The summed E-state index contributed by atoms with van der Waals surface area (Å²) >= 11 is 18.1. The van der Waals surface area contributed by atoms with E-state index in [2.05, 4.69) is 5.32 Å². The summed E-state index contributed by atoms with van der Waals surface area (Å²) in [7, 11) is 1.44. The number of hydrogen-bond acceptors (Lipinski definition) is 3. The summed E-state index contributed by atoms with van der Waals surface area (Å²) in [5.41, 5.74) is 1.66. The van der Waals surface area contributed by atoms with Crippen LogP contribution < -0.4 is 10.1 Å². The van der Waals surface area contributed by atoms with Crippen LogP contribution in [0.3, 0.4) is 0 Å². The minimum absolute atomic E-state index is 0.131. The van der Waals surface area contributed by atoms with Crippen molar-refractivity contribution < 1.29 is 9.53 Å². The first kappa shape index (κ1) is 19.1. The summed E-state index contributed by atoms with van der Waals surface area (Å²) in [6, 6.07) is 10.0. The number of nitrogens with zero attached hydrogens (tertiary/aromatic N) is 1. The third-order valence-electron chi connectivity index (χ3n) is 3.34. The van der Waals surface area contributed by atoms with Crippen molar-refractivity contribution >= 4 is 52.5 Å². The number of nitriles is 1. The summed E-state index contributed by atoms with van der Waals surface area (Å²) < 4.78 is 5.21. The van der Waals surface area contributed by atoms with Gasteiger partial charge in [-0.1, -0.05) is 40.9 Å². The standard InChI is InChI=1S/C18H13Cl3N2O2/c1-10-3-4-14(8-15(10)20)23-18(24)12(9-22)5-11-6-13(19)7-16(21)17(11)25-2/h3-8H,1-2H3,(H,23,24)/b12-5+. The normalized spacial score (nSPS) is 11.0. The first-order valence-electron chi connectivity index (χ1n) is 7.08. The van der Waals surface area contributed by atoms with Crippen molar-refractivity contribution in [2.75, 3.05) is 12.4 Å². The van der Waals surface area contributed by atoms with Crippen molar-refractivity contribution in [1.82, 2.24) is 0 Å². The number of amides is 1. The molecule has 0 aromatic heterocycles. The Morgan fingerprint density at radius 1 is 1.20 bits per heavy atom. The number of anilines is 1. The highest BCUT2D eigenvalue weighted by Gasteiger charge is 2.14. The number of rotatable bonds is 4. The first-order chi connectivity index (χ1) is 11.8. The molecule has 0 atom stereocenters. The van der Waals surface area contributed by atoms with Crippen molar-refractivity contribution in [3.05, 3.63) is 62.1 Å². The van der Waals surface area contributed by atoms with Crippen LogP contribution in [-0.4, -0.2) is 13.0 Å². The fraction of sp³-hybridized carbons (Fsp3) is 0.111. The van der Waals surface area contributed by atoms with Crippen LogP contribution in [0.15, 0.2) is 35.9 Å². The molecule has 2 rings (SSSR count). The highest BCUT2D eigenvalue weighted by molar-refractivity contribution is 6.36. The lowest BCUT2D eigenvalue weighted by Gasteiger charge is -2.09. The molecule has 2 aromatic rings. The number of carbonyl (C=O) groups excluding carboxylic acids is 1.